The molecule has 126 valence electrons. The van der Waals surface area contributed by atoms with Crippen LogP contribution < -0.4 is 4.74 Å². The molecule has 2 fully saturated rings. The molecule has 0 spiro atoms. The topological polar surface area (TPSA) is 66.8 Å². The fraction of sp³-hybridized carbons (Fsp3) is 0.353. The molecule has 1 saturated carbocycles. The van der Waals surface area contributed by atoms with Gasteiger partial charge in [0.15, 0.2) is 0 Å². The first-order valence-electron chi connectivity index (χ1n) is 7.77. The number of thioether (sulfide) groups is 1. The third-order valence-corrected chi connectivity index (χ3v) is 5.31. The molecule has 24 heavy (non-hydrogen) atoms. The van der Waals surface area contributed by atoms with E-state index in [-0.39, 0.29) is 16.3 Å². The van der Waals surface area contributed by atoms with Crippen molar-refractivity contribution in [2.75, 3.05) is 6.54 Å². The lowest BCUT2D eigenvalue weighted by atomic mass is 10.2. The Bertz CT molecular complexity index is 710. The molecule has 0 bridgehead atoms. The molecule has 1 N–H and O–H groups in total. The van der Waals surface area contributed by atoms with E-state index < -0.39 is 12.5 Å². The predicted octanol–water partition coefficient (Wildman–Crippen LogP) is 3.29. The molecule has 1 aromatic rings. The second kappa shape index (κ2) is 7.36. The molecule has 1 aliphatic heterocycles. The van der Waals surface area contributed by atoms with Crippen molar-refractivity contribution in [2.45, 2.75) is 31.8 Å². The highest BCUT2D eigenvalue weighted by Gasteiger charge is 2.33. The molecule has 1 saturated heterocycles. The number of amides is 1. The zero-order chi connectivity index (χ0) is 17.1. The number of carboxylic acids is 1. The highest BCUT2D eigenvalue weighted by atomic mass is 32.2. The van der Waals surface area contributed by atoms with Crippen LogP contribution in [-0.4, -0.2) is 38.9 Å². The highest BCUT2D eigenvalue weighted by molar-refractivity contribution is 8.26. The van der Waals surface area contributed by atoms with Crippen LogP contribution >= 0.6 is 24.0 Å². The molecule has 3 rings (SSSR count). The van der Waals surface area contributed by atoms with Gasteiger partial charge in [-0.05, 0) is 49.5 Å². The zero-order valence-corrected chi connectivity index (χ0v) is 14.6. The van der Waals surface area contributed by atoms with Crippen molar-refractivity contribution in [3.05, 3.63) is 34.7 Å². The molecule has 7 heteroatoms. The van der Waals surface area contributed by atoms with Gasteiger partial charge in [-0.25, -0.2) is 0 Å². The lowest BCUT2D eigenvalue weighted by molar-refractivity contribution is -0.140. The molecule has 1 aliphatic carbocycles. The van der Waals surface area contributed by atoms with Crippen molar-refractivity contribution in [3.8, 4) is 5.75 Å². The number of carboxylic acid groups (broad SMARTS) is 1. The fourth-order valence-corrected chi connectivity index (χ4v) is 4.05. The first kappa shape index (κ1) is 17.0. The Morgan fingerprint density at radius 3 is 2.88 bits per heavy atom. The van der Waals surface area contributed by atoms with Crippen molar-refractivity contribution in [3.63, 3.8) is 0 Å². The number of carbonyl (C=O) groups excluding carboxylic acids is 1. The smallest absolute Gasteiger partial charge is 0.323 e. The maximum Gasteiger partial charge on any atom is 0.323 e. The van der Waals surface area contributed by atoms with Crippen molar-refractivity contribution in [2.24, 2.45) is 0 Å². The molecule has 1 amide bonds. The van der Waals surface area contributed by atoms with Crippen LogP contribution in [-0.2, 0) is 9.59 Å². The van der Waals surface area contributed by atoms with Crippen LogP contribution in [0, 0.1) is 0 Å². The van der Waals surface area contributed by atoms with Gasteiger partial charge in [0.2, 0.25) is 0 Å². The minimum atomic E-state index is -1.08. The minimum Gasteiger partial charge on any atom is -0.490 e. The van der Waals surface area contributed by atoms with Gasteiger partial charge in [0.05, 0.1) is 11.0 Å². The van der Waals surface area contributed by atoms with E-state index in [1.807, 2.05) is 24.3 Å². The fourth-order valence-electron chi connectivity index (χ4n) is 2.80. The van der Waals surface area contributed by atoms with E-state index in [1.54, 1.807) is 6.08 Å². The number of hydrogen-bond donors (Lipinski definition) is 1. The van der Waals surface area contributed by atoms with Crippen molar-refractivity contribution in [1.82, 2.24) is 4.90 Å². The van der Waals surface area contributed by atoms with Gasteiger partial charge in [0.25, 0.3) is 5.91 Å². The van der Waals surface area contributed by atoms with E-state index in [0.717, 1.165) is 40.8 Å². The Morgan fingerprint density at radius 1 is 1.42 bits per heavy atom. The Morgan fingerprint density at radius 2 is 2.17 bits per heavy atom. The number of nitrogens with zero attached hydrogens (tertiary/aromatic N) is 1. The van der Waals surface area contributed by atoms with Crippen LogP contribution in [0.3, 0.4) is 0 Å². The Balaban J connectivity index is 1.74. The first-order chi connectivity index (χ1) is 11.5. The average Bonchev–Trinajstić information content (AvgIpc) is 3.12. The van der Waals surface area contributed by atoms with E-state index in [2.05, 4.69) is 0 Å². The monoisotopic (exact) mass is 363 g/mol. The Hall–Kier alpha value is -1.86. The lowest BCUT2D eigenvalue weighted by Gasteiger charge is -2.13. The normalized spacial score (nSPS) is 20.2. The third-order valence-electron chi connectivity index (χ3n) is 3.93. The van der Waals surface area contributed by atoms with Gasteiger partial charge in [-0.1, -0.05) is 36.1 Å². The summed E-state index contributed by atoms with van der Waals surface area (Å²) >= 11 is 6.21. The number of ether oxygens (including phenoxy) is 1. The summed E-state index contributed by atoms with van der Waals surface area (Å²) in [6.07, 6.45) is 6.57. The molecule has 0 unspecified atom stereocenters. The predicted molar refractivity (Wildman–Crippen MR) is 96.8 cm³/mol. The quantitative estimate of drug-likeness (QED) is 0.640. The third kappa shape index (κ3) is 3.96. The summed E-state index contributed by atoms with van der Waals surface area (Å²) in [7, 11) is 0. The van der Waals surface area contributed by atoms with Crippen LogP contribution in [0.2, 0.25) is 0 Å². The number of thiocarbonyl (C=S) groups is 1. The molecule has 1 heterocycles. The molecular weight excluding hydrogens is 346 g/mol. The standard InChI is InChI=1S/C17H17NO4S2/c19-15(20)10-18-16(21)14(24-17(18)23)9-11-4-3-7-13(8-11)22-12-5-1-2-6-12/h3-4,7-9,12H,1-2,5-6,10H2,(H,19,20)/b14-9+. The lowest BCUT2D eigenvalue weighted by Crippen LogP contribution is -2.33. The first-order valence-corrected chi connectivity index (χ1v) is 8.99. The van der Waals surface area contributed by atoms with Gasteiger partial charge >= 0.3 is 5.97 Å². The van der Waals surface area contributed by atoms with Crippen LogP contribution in [0.15, 0.2) is 29.2 Å². The Labute approximate surface area is 149 Å². The molecule has 0 radical (unpaired) electrons. The van der Waals surface area contributed by atoms with E-state index in [4.69, 9.17) is 22.1 Å². The number of rotatable bonds is 5. The van der Waals surface area contributed by atoms with Crippen molar-refractivity contribution >= 4 is 46.3 Å². The van der Waals surface area contributed by atoms with E-state index in [0.29, 0.717) is 4.91 Å². The maximum absolute atomic E-state index is 12.3. The molecular formula is C17H17NO4S2. The second-order valence-corrected chi connectivity index (χ2v) is 7.43. The summed E-state index contributed by atoms with van der Waals surface area (Å²) < 4.78 is 6.24. The summed E-state index contributed by atoms with van der Waals surface area (Å²) in [5.74, 6) is -0.661. The van der Waals surface area contributed by atoms with Gasteiger partial charge in [-0.2, -0.15) is 0 Å². The largest absolute Gasteiger partial charge is 0.490 e. The van der Waals surface area contributed by atoms with Crippen LogP contribution in [0.4, 0.5) is 0 Å². The molecule has 5 nitrogen and oxygen atoms in total. The zero-order valence-electron chi connectivity index (χ0n) is 12.9. The number of benzene rings is 1. The van der Waals surface area contributed by atoms with Crippen molar-refractivity contribution < 1.29 is 19.4 Å². The second-order valence-electron chi connectivity index (χ2n) is 5.76. The van der Waals surface area contributed by atoms with E-state index in [1.165, 1.54) is 12.8 Å². The summed E-state index contributed by atoms with van der Waals surface area (Å²) in [6.45, 7) is -0.410. The maximum atomic E-state index is 12.3. The molecule has 1 aromatic carbocycles. The summed E-state index contributed by atoms with van der Waals surface area (Å²) in [4.78, 5) is 24.6. The number of carbonyl (C=O) groups is 2. The van der Waals surface area contributed by atoms with Gasteiger partial charge < -0.3 is 9.84 Å². The van der Waals surface area contributed by atoms with Gasteiger partial charge in [0, 0.05) is 0 Å². The number of hydrogen-bond acceptors (Lipinski definition) is 5. The van der Waals surface area contributed by atoms with Gasteiger partial charge in [0.1, 0.15) is 16.6 Å². The highest BCUT2D eigenvalue weighted by Crippen LogP contribution is 2.33. The number of aliphatic carboxylic acids is 1. The molecule has 0 atom stereocenters. The van der Waals surface area contributed by atoms with E-state index in [9.17, 15) is 9.59 Å². The van der Waals surface area contributed by atoms with Crippen LogP contribution in [0.1, 0.15) is 31.2 Å². The Kier molecular flexibility index (Phi) is 5.20. The summed E-state index contributed by atoms with van der Waals surface area (Å²) in [5.41, 5.74) is 0.835. The minimum absolute atomic E-state index is 0.270. The average molecular weight is 363 g/mol. The van der Waals surface area contributed by atoms with Crippen LogP contribution in [0.5, 0.6) is 5.75 Å². The van der Waals surface area contributed by atoms with Gasteiger partial charge in [-0.3, -0.25) is 14.5 Å². The van der Waals surface area contributed by atoms with Crippen molar-refractivity contribution in [1.29, 1.82) is 0 Å². The summed E-state index contributed by atoms with van der Waals surface area (Å²) in [5, 5.41) is 8.86. The van der Waals surface area contributed by atoms with E-state index >= 15 is 0 Å². The SMILES string of the molecule is O=C(O)CN1C(=O)/C(=C\c2cccc(OC3CCCC3)c2)SC1=S. The molecule has 2 aliphatic rings. The molecule has 0 aromatic heterocycles. The summed E-state index contributed by atoms with van der Waals surface area (Å²) in [6, 6.07) is 7.56. The van der Waals surface area contributed by atoms with Crippen LogP contribution in [0.25, 0.3) is 6.08 Å². The van der Waals surface area contributed by atoms with Gasteiger partial charge in [-0.15, -0.1) is 0 Å².